The molecule has 4 fully saturated rings. The highest BCUT2D eigenvalue weighted by Crippen LogP contribution is 2.69. The lowest BCUT2D eigenvalue weighted by molar-refractivity contribution is -0.242. The lowest BCUT2D eigenvalue weighted by Gasteiger charge is -2.61. The summed E-state index contributed by atoms with van der Waals surface area (Å²) in [6.07, 6.45) is 7.48. The van der Waals surface area contributed by atoms with Crippen LogP contribution in [0.2, 0.25) is 0 Å². The number of hydrogen-bond donors (Lipinski definition) is 0. The van der Waals surface area contributed by atoms with Crippen molar-refractivity contribution in [2.45, 2.75) is 70.2 Å². The van der Waals surface area contributed by atoms with E-state index in [2.05, 4.69) is 13.8 Å². The fraction of sp³-hybridized carbons (Fsp3) is 0.800. The first-order valence-corrected chi connectivity index (χ1v) is 9.51. The van der Waals surface area contributed by atoms with Crippen molar-refractivity contribution in [3.05, 3.63) is 12.3 Å². The number of carbonyl (C=O) groups excluding carboxylic acids is 2. The minimum Gasteiger partial charge on any atom is -0.498 e. The van der Waals surface area contributed by atoms with E-state index in [1.165, 1.54) is 0 Å². The van der Waals surface area contributed by atoms with Gasteiger partial charge in [-0.2, -0.15) is 0 Å². The van der Waals surface area contributed by atoms with Gasteiger partial charge in [0.05, 0.1) is 11.9 Å². The number of fused-ring (bicyclic) bond motifs is 1. The van der Waals surface area contributed by atoms with Gasteiger partial charge in [0.2, 0.25) is 0 Å². The molecular formula is C20H26O5. The van der Waals surface area contributed by atoms with E-state index in [9.17, 15) is 9.59 Å². The van der Waals surface area contributed by atoms with Crippen LogP contribution in [0.5, 0.6) is 0 Å². The summed E-state index contributed by atoms with van der Waals surface area (Å²) in [7, 11) is 0. The molecule has 136 valence electrons. The Balaban J connectivity index is 1.64. The summed E-state index contributed by atoms with van der Waals surface area (Å²) in [5, 5.41) is 0. The average Bonchev–Trinajstić information content (AvgIpc) is 3.24. The monoisotopic (exact) mass is 346 g/mol. The van der Waals surface area contributed by atoms with E-state index >= 15 is 0 Å². The molecule has 0 bridgehead atoms. The number of esters is 1. The summed E-state index contributed by atoms with van der Waals surface area (Å²) in [6, 6.07) is 0. The van der Waals surface area contributed by atoms with E-state index in [-0.39, 0.29) is 46.3 Å². The molecule has 5 rings (SSSR count). The largest absolute Gasteiger partial charge is 0.498 e. The molecule has 0 aromatic heterocycles. The number of rotatable bonds is 0. The number of ether oxygens (including phenoxy) is 3. The van der Waals surface area contributed by atoms with Gasteiger partial charge in [0.15, 0.2) is 0 Å². The maximum Gasteiger partial charge on any atom is 0.320 e. The molecule has 7 atom stereocenters. The zero-order valence-electron chi connectivity index (χ0n) is 15.2. The first kappa shape index (κ1) is 15.9. The normalized spacial score (nSPS) is 56.4. The minimum atomic E-state index is -1.01. The van der Waals surface area contributed by atoms with Gasteiger partial charge in [-0.05, 0) is 44.6 Å². The lowest BCUT2D eigenvalue weighted by atomic mass is 9.44. The maximum atomic E-state index is 12.7. The molecule has 7 unspecified atom stereocenters. The third-order valence-electron chi connectivity index (χ3n) is 8.26. The van der Waals surface area contributed by atoms with Gasteiger partial charge in [-0.1, -0.05) is 13.8 Å². The first-order chi connectivity index (χ1) is 11.8. The summed E-state index contributed by atoms with van der Waals surface area (Å²) in [6.45, 7) is 6.84. The van der Waals surface area contributed by atoms with Crippen LogP contribution in [0.25, 0.3) is 0 Å². The molecule has 2 saturated carbocycles. The van der Waals surface area contributed by atoms with Gasteiger partial charge in [0.25, 0.3) is 0 Å². The molecule has 0 amide bonds. The molecular weight excluding hydrogens is 320 g/mol. The van der Waals surface area contributed by atoms with Gasteiger partial charge in [-0.25, -0.2) is 0 Å². The van der Waals surface area contributed by atoms with Crippen molar-refractivity contribution >= 4 is 11.8 Å². The van der Waals surface area contributed by atoms with Crippen LogP contribution in [0.15, 0.2) is 12.3 Å². The third kappa shape index (κ3) is 1.60. The van der Waals surface area contributed by atoms with Gasteiger partial charge in [-0.15, -0.1) is 0 Å². The van der Waals surface area contributed by atoms with E-state index in [0.29, 0.717) is 13.0 Å². The van der Waals surface area contributed by atoms with Crippen LogP contribution in [-0.2, 0) is 23.8 Å². The zero-order valence-corrected chi connectivity index (χ0v) is 15.2. The van der Waals surface area contributed by atoms with Crippen LogP contribution in [0.3, 0.4) is 0 Å². The topological polar surface area (TPSA) is 61.8 Å². The summed E-state index contributed by atoms with van der Waals surface area (Å²) < 4.78 is 18.1. The molecule has 5 heteroatoms. The Morgan fingerprint density at radius 3 is 2.68 bits per heavy atom. The predicted molar refractivity (Wildman–Crippen MR) is 88.5 cm³/mol. The number of hydrogen-bond acceptors (Lipinski definition) is 5. The average molecular weight is 346 g/mol. The Hall–Kier alpha value is -1.36. The molecule has 3 heterocycles. The van der Waals surface area contributed by atoms with E-state index in [4.69, 9.17) is 14.2 Å². The van der Waals surface area contributed by atoms with Gasteiger partial charge in [0, 0.05) is 17.8 Å². The van der Waals surface area contributed by atoms with Crippen LogP contribution in [-0.4, -0.2) is 35.7 Å². The van der Waals surface area contributed by atoms with Gasteiger partial charge in [-0.3, -0.25) is 9.59 Å². The summed E-state index contributed by atoms with van der Waals surface area (Å²) in [4.78, 5) is 25.4. The molecule has 3 aliphatic heterocycles. The Kier molecular flexibility index (Phi) is 2.84. The quantitative estimate of drug-likeness (QED) is 0.498. The van der Waals surface area contributed by atoms with Crippen LogP contribution in [0.4, 0.5) is 0 Å². The fourth-order valence-electron chi connectivity index (χ4n) is 6.95. The molecule has 2 saturated heterocycles. The van der Waals surface area contributed by atoms with Gasteiger partial charge < -0.3 is 14.2 Å². The second-order valence-corrected chi connectivity index (χ2v) is 9.27. The molecule has 25 heavy (non-hydrogen) atoms. The second-order valence-electron chi connectivity index (χ2n) is 9.27. The van der Waals surface area contributed by atoms with Crippen molar-refractivity contribution in [3.8, 4) is 0 Å². The maximum absolute atomic E-state index is 12.7. The summed E-state index contributed by atoms with van der Waals surface area (Å²) >= 11 is 0. The highest BCUT2D eigenvalue weighted by atomic mass is 16.6. The van der Waals surface area contributed by atoms with Crippen molar-refractivity contribution < 1.29 is 23.8 Å². The van der Waals surface area contributed by atoms with Gasteiger partial charge >= 0.3 is 5.97 Å². The summed E-state index contributed by atoms with van der Waals surface area (Å²) in [5.41, 5.74) is -1.93. The number of carbonyl (C=O) groups is 2. The predicted octanol–water partition coefficient (Wildman–Crippen LogP) is 2.78. The SMILES string of the molecule is CC1CC2OC(=O)C3(C)C(=O)CCC(C)(C23)C12CCC1(C=COC1)O2. The van der Waals surface area contributed by atoms with E-state index < -0.39 is 5.41 Å². The van der Waals surface area contributed by atoms with E-state index in [1.54, 1.807) is 6.26 Å². The minimum absolute atomic E-state index is 0.0454. The Morgan fingerprint density at radius 2 is 1.96 bits per heavy atom. The molecule has 0 N–H and O–H groups in total. The second kappa shape index (κ2) is 4.48. The van der Waals surface area contributed by atoms with Crippen LogP contribution in [0.1, 0.15) is 52.9 Å². The third-order valence-corrected chi connectivity index (χ3v) is 8.26. The highest BCUT2D eigenvalue weighted by Gasteiger charge is 2.76. The Bertz CT molecular complexity index is 700. The Labute approximate surface area is 148 Å². The summed E-state index contributed by atoms with van der Waals surface area (Å²) in [5.74, 6) is -0.0923. The van der Waals surface area contributed by atoms with Crippen molar-refractivity contribution in [2.24, 2.45) is 22.7 Å². The number of Topliss-reactive ketones (excluding diaryl/α,β-unsaturated/α-hetero) is 1. The first-order valence-electron chi connectivity index (χ1n) is 9.51. The standard InChI is InChI=1S/C20H26O5/c1-12-10-13-15-17(2,5-4-14(21)18(15,3)16(22)24-13)20(12)7-6-19(25-20)8-9-23-11-19/h8-9,12-13,15H,4-7,10-11H2,1-3H3. The Morgan fingerprint density at radius 1 is 1.16 bits per heavy atom. The van der Waals surface area contributed by atoms with Crippen LogP contribution >= 0.6 is 0 Å². The van der Waals surface area contributed by atoms with E-state index in [1.807, 2.05) is 13.0 Å². The molecule has 5 aliphatic rings. The number of ketones is 1. The molecule has 0 aromatic carbocycles. The zero-order chi connectivity index (χ0) is 17.7. The fourth-order valence-corrected chi connectivity index (χ4v) is 6.95. The van der Waals surface area contributed by atoms with E-state index in [0.717, 1.165) is 25.7 Å². The van der Waals surface area contributed by atoms with Crippen LogP contribution < -0.4 is 0 Å². The van der Waals surface area contributed by atoms with Crippen LogP contribution in [0, 0.1) is 22.7 Å². The van der Waals surface area contributed by atoms with Crippen molar-refractivity contribution in [1.82, 2.24) is 0 Å². The van der Waals surface area contributed by atoms with Crippen molar-refractivity contribution in [3.63, 3.8) is 0 Å². The van der Waals surface area contributed by atoms with Gasteiger partial charge in [0.1, 0.15) is 29.5 Å². The highest BCUT2D eigenvalue weighted by molar-refractivity contribution is 6.06. The molecule has 5 nitrogen and oxygen atoms in total. The molecule has 2 spiro atoms. The molecule has 0 radical (unpaired) electrons. The molecule has 2 aliphatic carbocycles. The molecule has 0 aromatic rings. The smallest absolute Gasteiger partial charge is 0.320 e. The van der Waals surface area contributed by atoms with Crippen molar-refractivity contribution in [2.75, 3.05) is 6.61 Å². The lowest BCUT2D eigenvalue weighted by Crippen LogP contribution is -2.67. The van der Waals surface area contributed by atoms with Crippen molar-refractivity contribution in [1.29, 1.82) is 0 Å².